The van der Waals surface area contributed by atoms with Crippen LogP contribution >= 0.6 is 0 Å². The van der Waals surface area contributed by atoms with E-state index in [4.69, 9.17) is 14.6 Å². The molecule has 84 valence electrons. The molecular formula is C8H20N2O3Si. The van der Waals surface area contributed by atoms with Gasteiger partial charge in [0.1, 0.15) is 0 Å². The van der Waals surface area contributed by atoms with E-state index in [1.807, 2.05) is 0 Å². The molecule has 14 heavy (non-hydrogen) atoms. The Morgan fingerprint density at radius 1 is 1.43 bits per heavy atom. The van der Waals surface area contributed by atoms with Gasteiger partial charge in [0.25, 0.3) is 0 Å². The molecule has 5 nitrogen and oxygen atoms in total. The van der Waals surface area contributed by atoms with Crippen molar-refractivity contribution in [2.45, 2.75) is 18.9 Å². The third kappa shape index (κ3) is 7.02. The summed E-state index contributed by atoms with van der Waals surface area (Å²) in [5.74, 6) is 0.0513. The molecule has 0 radical (unpaired) electrons. The monoisotopic (exact) mass is 220 g/mol. The molecule has 0 aliphatic carbocycles. The summed E-state index contributed by atoms with van der Waals surface area (Å²) in [6.45, 7) is 1.04. The van der Waals surface area contributed by atoms with Crippen LogP contribution in [0.2, 0.25) is 6.04 Å². The normalized spacial score (nSPS) is 10.6. The minimum atomic E-state index is -1.48. The summed E-state index contributed by atoms with van der Waals surface area (Å²) in [7, 11) is 1.81. The minimum absolute atomic E-state index is 0.0513. The molecule has 6 heteroatoms. The number of carbonyl (C=O) groups is 1. The number of rotatable bonds is 8. The van der Waals surface area contributed by atoms with Crippen molar-refractivity contribution in [1.29, 1.82) is 0 Å². The van der Waals surface area contributed by atoms with Crippen molar-refractivity contribution in [3.8, 4) is 0 Å². The summed E-state index contributed by atoms with van der Waals surface area (Å²) >= 11 is 0. The maximum absolute atomic E-state index is 11.1. The molecule has 0 unspecified atom stereocenters. The van der Waals surface area contributed by atoms with Crippen LogP contribution in [-0.2, 0) is 13.6 Å². The first kappa shape index (κ1) is 13.6. The Balaban J connectivity index is 3.38. The number of hydrogen-bond acceptors (Lipinski definition) is 4. The third-order valence-electron chi connectivity index (χ3n) is 1.84. The van der Waals surface area contributed by atoms with E-state index in [0.717, 1.165) is 12.5 Å². The van der Waals surface area contributed by atoms with E-state index in [1.54, 1.807) is 14.2 Å². The van der Waals surface area contributed by atoms with Crippen LogP contribution in [0.15, 0.2) is 0 Å². The highest BCUT2D eigenvalue weighted by Crippen LogP contribution is 2.02. The lowest BCUT2D eigenvalue weighted by Crippen LogP contribution is -2.29. The van der Waals surface area contributed by atoms with Crippen LogP contribution in [0.25, 0.3) is 0 Å². The molecule has 0 rings (SSSR count). The Labute approximate surface area is 86.8 Å². The fraction of sp³-hybridized carbons (Fsp3) is 0.875. The van der Waals surface area contributed by atoms with Gasteiger partial charge in [-0.3, -0.25) is 4.79 Å². The first-order chi connectivity index (χ1) is 6.74. The highest BCUT2D eigenvalue weighted by Gasteiger charge is 2.09. The summed E-state index contributed by atoms with van der Waals surface area (Å²) in [5, 5.41) is 2.71. The van der Waals surface area contributed by atoms with Crippen LogP contribution in [0.1, 0.15) is 12.8 Å². The topological polar surface area (TPSA) is 73.6 Å². The van der Waals surface area contributed by atoms with Crippen LogP contribution in [0, 0.1) is 0 Å². The Morgan fingerprint density at radius 3 is 2.57 bits per heavy atom. The number of nitrogens with one attached hydrogen (secondary N) is 1. The quantitative estimate of drug-likeness (QED) is 0.533. The second kappa shape index (κ2) is 9.13. The van der Waals surface area contributed by atoms with Gasteiger partial charge >= 0.3 is 9.28 Å². The van der Waals surface area contributed by atoms with E-state index < -0.39 is 9.28 Å². The molecule has 0 saturated heterocycles. The Kier molecular flexibility index (Phi) is 8.85. The maximum atomic E-state index is 11.1. The van der Waals surface area contributed by atoms with Gasteiger partial charge in [0.05, 0.1) is 0 Å². The number of amides is 1. The molecular weight excluding hydrogens is 200 g/mol. The van der Waals surface area contributed by atoms with E-state index in [2.05, 4.69) is 5.32 Å². The average Bonchev–Trinajstić information content (AvgIpc) is 2.21. The molecule has 0 aliphatic rings. The van der Waals surface area contributed by atoms with Gasteiger partial charge in [-0.1, -0.05) is 0 Å². The standard InChI is InChI=1S/C8H20N2O3Si/c1-12-14(13-2)7-3-4-8(11)10-6-5-9/h14H,3-7,9H2,1-2H3,(H,10,11). The molecule has 0 fully saturated rings. The molecule has 1 amide bonds. The van der Waals surface area contributed by atoms with Crippen LogP contribution in [-0.4, -0.2) is 42.5 Å². The number of hydrogen-bond donors (Lipinski definition) is 2. The van der Waals surface area contributed by atoms with Gasteiger partial charge in [-0.25, -0.2) is 0 Å². The van der Waals surface area contributed by atoms with Crippen molar-refractivity contribution < 1.29 is 13.6 Å². The second-order valence-corrected chi connectivity index (χ2v) is 5.31. The van der Waals surface area contributed by atoms with Crippen molar-refractivity contribution in [3.63, 3.8) is 0 Å². The van der Waals surface area contributed by atoms with Gasteiger partial charge in [-0.2, -0.15) is 0 Å². The van der Waals surface area contributed by atoms with E-state index in [9.17, 15) is 4.79 Å². The SMILES string of the molecule is CO[SiH](CCCC(=O)NCCN)OC. The molecule has 3 N–H and O–H groups in total. The summed E-state index contributed by atoms with van der Waals surface area (Å²) < 4.78 is 10.3. The summed E-state index contributed by atoms with van der Waals surface area (Å²) in [6.07, 6.45) is 1.34. The van der Waals surface area contributed by atoms with Gasteiger partial charge < -0.3 is 19.9 Å². The van der Waals surface area contributed by atoms with Crippen molar-refractivity contribution in [2.75, 3.05) is 27.3 Å². The van der Waals surface area contributed by atoms with E-state index in [-0.39, 0.29) is 5.91 Å². The average molecular weight is 220 g/mol. The first-order valence-electron chi connectivity index (χ1n) is 4.77. The fourth-order valence-corrected chi connectivity index (χ4v) is 2.26. The van der Waals surface area contributed by atoms with Crippen molar-refractivity contribution >= 4 is 15.2 Å². The third-order valence-corrected chi connectivity index (χ3v) is 3.77. The lowest BCUT2D eigenvalue weighted by Gasteiger charge is -2.10. The van der Waals surface area contributed by atoms with Crippen molar-refractivity contribution in [1.82, 2.24) is 5.32 Å². The molecule has 0 atom stereocenters. The lowest BCUT2D eigenvalue weighted by molar-refractivity contribution is -0.121. The highest BCUT2D eigenvalue weighted by molar-refractivity contribution is 6.44. The molecule has 0 saturated carbocycles. The molecule has 0 aromatic heterocycles. The highest BCUT2D eigenvalue weighted by atomic mass is 28.3. The van der Waals surface area contributed by atoms with Crippen molar-refractivity contribution in [3.05, 3.63) is 0 Å². The minimum Gasteiger partial charge on any atom is -0.400 e. The Hall–Kier alpha value is -0.433. The van der Waals surface area contributed by atoms with Crippen LogP contribution < -0.4 is 11.1 Å². The Bertz CT molecular complexity index is 154. The molecule has 0 aliphatic heterocycles. The maximum Gasteiger partial charge on any atom is 0.320 e. The van der Waals surface area contributed by atoms with Crippen molar-refractivity contribution in [2.24, 2.45) is 5.73 Å². The molecule has 0 aromatic carbocycles. The number of carbonyl (C=O) groups excluding carboxylic acids is 1. The fourth-order valence-electron chi connectivity index (χ4n) is 1.06. The largest absolute Gasteiger partial charge is 0.400 e. The molecule has 0 heterocycles. The predicted molar refractivity (Wildman–Crippen MR) is 57.3 cm³/mol. The summed E-state index contributed by atoms with van der Waals surface area (Å²) in [5.41, 5.74) is 5.25. The lowest BCUT2D eigenvalue weighted by atomic mass is 10.3. The predicted octanol–water partition coefficient (Wildman–Crippen LogP) is -0.645. The zero-order chi connectivity index (χ0) is 10.8. The molecule has 0 spiro atoms. The molecule has 0 bridgehead atoms. The van der Waals surface area contributed by atoms with E-state index in [1.165, 1.54) is 0 Å². The van der Waals surface area contributed by atoms with E-state index >= 15 is 0 Å². The molecule has 0 aromatic rings. The second-order valence-electron chi connectivity index (χ2n) is 2.93. The van der Waals surface area contributed by atoms with Gasteiger partial charge in [0.15, 0.2) is 0 Å². The van der Waals surface area contributed by atoms with Gasteiger partial charge in [-0.15, -0.1) is 0 Å². The summed E-state index contributed by atoms with van der Waals surface area (Å²) in [6, 6.07) is 0.864. The Morgan fingerprint density at radius 2 is 2.07 bits per heavy atom. The van der Waals surface area contributed by atoms with Gasteiger partial charge in [0, 0.05) is 33.7 Å². The van der Waals surface area contributed by atoms with Crippen LogP contribution in [0.5, 0.6) is 0 Å². The zero-order valence-electron chi connectivity index (χ0n) is 8.91. The van der Waals surface area contributed by atoms with Gasteiger partial charge in [0.2, 0.25) is 5.91 Å². The first-order valence-corrected chi connectivity index (χ1v) is 6.52. The van der Waals surface area contributed by atoms with Gasteiger partial charge in [-0.05, 0) is 12.5 Å². The van der Waals surface area contributed by atoms with Crippen LogP contribution in [0.4, 0.5) is 0 Å². The van der Waals surface area contributed by atoms with E-state index in [0.29, 0.717) is 19.5 Å². The summed E-state index contributed by atoms with van der Waals surface area (Å²) in [4.78, 5) is 11.1. The smallest absolute Gasteiger partial charge is 0.320 e. The number of nitrogens with two attached hydrogens (primary N) is 1. The van der Waals surface area contributed by atoms with Crippen LogP contribution in [0.3, 0.4) is 0 Å². The zero-order valence-corrected chi connectivity index (χ0v) is 10.1.